The molecule has 0 saturated heterocycles. The van der Waals surface area contributed by atoms with E-state index in [4.69, 9.17) is 0 Å². The van der Waals surface area contributed by atoms with E-state index in [2.05, 4.69) is 9.72 Å². The second kappa shape index (κ2) is 5.14. The van der Waals surface area contributed by atoms with Crippen LogP contribution in [0.3, 0.4) is 0 Å². The van der Waals surface area contributed by atoms with Crippen LogP contribution in [0, 0.1) is 0 Å². The number of aromatic nitrogens is 2. The van der Waals surface area contributed by atoms with Gasteiger partial charge in [0.15, 0.2) is 0 Å². The Balaban J connectivity index is 2.55. The number of nitrogens with zero attached hydrogens (tertiary/aromatic N) is 1. The second-order valence-electron chi connectivity index (χ2n) is 2.98. The minimum Gasteiger partial charge on any atom is -0.469 e. The highest BCUT2D eigenvalue weighted by atomic mass is 16.5. The number of rotatable bonds is 4. The molecule has 0 saturated carbocycles. The molecule has 0 aromatic carbocycles. The maximum Gasteiger partial charge on any atom is 0.328 e. The number of nitrogens with one attached hydrogen (secondary N) is 1. The lowest BCUT2D eigenvalue weighted by atomic mass is 10.3. The summed E-state index contributed by atoms with van der Waals surface area (Å²) in [5.41, 5.74) is -0.892. The third-order valence-corrected chi connectivity index (χ3v) is 1.90. The molecule has 1 aromatic heterocycles. The number of carbonyl (C=O) groups is 1. The summed E-state index contributed by atoms with van der Waals surface area (Å²) in [5, 5.41) is 0. The molecule has 82 valence electrons. The lowest BCUT2D eigenvalue weighted by Crippen LogP contribution is -2.28. The molecule has 1 aromatic rings. The van der Waals surface area contributed by atoms with Gasteiger partial charge in [-0.15, -0.1) is 0 Å². The van der Waals surface area contributed by atoms with Crippen LogP contribution in [-0.2, 0) is 16.1 Å². The summed E-state index contributed by atoms with van der Waals surface area (Å²) in [4.78, 5) is 34.8. The predicted molar refractivity (Wildman–Crippen MR) is 52.6 cm³/mol. The highest BCUT2D eigenvalue weighted by Crippen LogP contribution is 1.93. The number of hydrogen-bond donors (Lipinski definition) is 1. The molecule has 0 aliphatic rings. The van der Waals surface area contributed by atoms with Gasteiger partial charge < -0.3 is 9.30 Å². The summed E-state index contributed by atoms with van der Waals surface area (Å²) in [5.74, 6) is -0.313. The van der Waals surface area contributed by atoms with Crippen LogP contribution >= 0.6 is 0 Å². The van der Waals surface area contributed by atoms with Gasteiger partial charge >= 0.3 is 11.7 Å². The molecule has 0 unspecified atom stereocenters. The molecular formula is C9H12N2O4. The standard InChI is InChI=1S/C9H12N2O4/c1-15-8(13)3-2-5-11-6-4-7(12)10-9(11)14/h4,6H,2-3,5H2,1H3,(H,10,12,14). The molecule has 0 radical (unpaired) electrons. The molecule has 6 heteroatoms. The number of hydrogen-bond acceptors (Lipinski definition) is 4. The first-order valence-electron chi connectivity index (χ1n) is 4.50. The third-order valence-electron chi connectivity index (χ3n) is 1.90. The summed E-state index contributed by atoms with van der Waals surface area (Å²) < 4.78 is 5.79. The highest BCUT2D eigenvalue weighted by molar-refractivity contribution is 5.68. The first-order chi connectivity index (χ1) is 7.13. The monoisotopic (exact) mass is 212 g/mol. The van der Waals surface area contributed by atoms with Crippen LogP contribution in [0.2, 0.25) is 0 Å². The van der Waals surface area contributed by atoms with Crippen molar-refractivity contribution >= 4 is 5.97 Å². The fourth-order valence-corrected chi connectivity index (χ4v) is 1.12. The van der Waals surface area contributed by atoms with Gasteiger partial charge in [-0.2, -0.15) is 0 Å². The zero-order valence-corrected chi connectivity index (χ0v) is 8.36. The molecule has 6 nitrogen and oxygen atoms in total. The lowest BCUT2D eigenvalue weighted by Gasteiger charge is -2.02. The van der Waals surface area contributed by atoms with Crippen molar-refractivity contribution in [3.63, 3.8) is 0 Å². The van der Waals surface area contributed by atoms with E-state index in [1.165, 1.54) is 23.9 Å². The number of aromatic amines is 1. The number of H-pyrrole nitrogens is 1. The fraction of sp³-hybridized carbons (Fsp3) is 0.444. The third kappa shape index (κ3) is 3.41. The summed E-state index contributed by atoms with van der Waals surface area (Å²) in [7, 11) is 1.31. The van der Waals surface area contributed by atoms with Crippen molar-refractivity contribution in [2.24, 2.45) is 0 Å². The zero-order valence-electron chi connectivity index (χ0n) is 8.36. The van der Waals surface area contributed by atoms with E-state index >= 15 is 0 Å². The summed E-state index contributed by atoms with van der Waals surface area (Å²) >= 11 is 0. The molecule has 0 spiro atoms. The van der Waals surface area contributed by atoms with Crippen molar-refractivity contribution in [1.29, 1.82) is 0 Å². The van der Waals surface area contributed by atoms with E-state index in [1.807, 2.05) is 0 Å². The number of methoxy groups -OCH3 is 1. The molecule has 0 amide bonds. The van der Waals surface area contributed by atoms with Crippen LogP contribution < -0.4 is 11.2 Å². The van der Waals surface area contributed by atoms with Crippen LogP contribution in [0.1, 0.15) is 12.8 Å². The van der Waals surface area contributed by atoms with E-state index in [9.17, 15) is 14.4 Å². The van der Waals surface area contributed by atoms with Crippen molar-refractivity contribution in [1.82, 2.24) is 9.55 Å². The van der Waals surface area contributed by atoms with Gasteiger partial charge in [0.25, 0.3) is 5.56 Å². The summed E-state index contributed by atoms with van der Waals surface area (Å²) in [6.07, 6.45) is 2.15. The van der Waals surface area contributed by atoms with Gasteiger partial charge in [-0.1, -0.05) is 0 Å². The Labute approximate surface area is 85.5 Å². The zero-order chi connectivity index (χ0) is 11.3. The molecule has 0 aliphatic heterocycles. The van der Waals surface area contributed by atoms with Crippen molar-refractivity contribution in [2.75, 3.05) is 7.11 Å². The van der Waals surface area contributed by atoms with Crippen LogP contribution in [0.15, 0.2) is 21.9 Å². The molecule has 0 aliphatic carbocycles. The van der Waals surface area contributed by atoms with Crippen LogP contribution in [0.5, 0.6) is 0 Å². The number of esters is 1. The van der Waals surface area contributed by atoms with E-state index in [-0.39, 0.29) is 12.4 Å². The number of ether oxygens (including phenoxy) is 1. The highest BCUT2D eigenvalue weighted by Gasteiger charge is 2.01. The normalized spacial score (nSPS) is 9.93. The van der Waals surface area contributed by atoms with Gasteiger partial charge in [0.2, 0.25) is 0 Å². The molecule has 15 heavy (non-hydrogen) atoms. The van der Waals surface area contributed by atoms with Gasteiger partial charge in [-0.05, 0) is 6.42 Å². The van der Waals surface area contributed by atoms with E-state index < -0.39 is 11.2 Å². The minimum absolute atomic E-state index is 0.252. The van der Waals surface area contributed by atoms with Gasteiger partial charge in [0, 0.05) is 25.2 Å². The number of carbonyl (C=O) groups excluding carboxylic acids is 1. The van der Waals surface area contributed by atoms with Gasteiger partial charge in [0.05, 0.1) is 7.11 Å². The Bertz CT molecular complexity index is 446. The molecular weight excluding hydrogens is 200 g/mol. The Kier molecular flexibility index (Phi) is 3.84. The first-order valence-corrected chi connectivity index (χ1v) is 4.50. The van der Waals surface area contributed by atoms with E-state index in [1.54, 1.807) is 0 Å². The average molecular weight is 212 g/mol. The average Bonchev–Trinajstić information content (AvgIpc) is 2.21. The Morgan fingerprint density at radius 1 is 1.53 bits per heavy atom. The van der Waals surface area contributed by atoms with E-state index in [0.717, 1.165) is 0 Å². The molecule has 0 bridgehead atoms. The smallest absolute Gasteiger partial charge is 0.328 e. The quantitative estimate of drug-likeness (QED) is 0.681. The Morgan fingerprint density at radius 3 is 2.87 bits per heavy atom. The fourth-order valence-electron chi connectivity index (χ4n) is 1.12. The topological polar surface area (TPSA) is 81.2 Å². The molecule has 1 rings (SSSR count). The van der Waals surface area contributed by atoms with E-state index in [0.29, 0.717) is 13.0 Å². The van der Waals surface area contributed by atoms with Crippen LogP contribution in [0.4, 0.5) is 0 Å². The summed E-state index contributed by atoms with van der Waals surface area (Å²) in [6.45, 7) is 0.380. The van der Waals surface area contributed by atoms with Crippen molar-refractivity contribution in [3.8, 4) is 0 Å². The number of aryl methyl sites for hydroxylation is 1. The maximum absolute atomic E-state index is 11.2. The Hall–Kier alpha value is -1.85. The van der Waals surface area contributed by atoms with Crippen molar-refractivity contribution in [2.45, 2.75) is 19.4 Å². The second-order valence-corrected chi connectivity index (χ2v) is 2.98. The van der Waals surface area contributed by atoms with Crippen LogP contribution in [0.25, 0.3) is 0 Å². The van der Waals surface area contributed by atoms with Gasteiger partial charge in [-0.3, -0.25) is 14.6 Å². The summed E-state index contributed by atoms with van der Waals surface area (Å²) in [6, 6.07) is 1.26. The molecule has 0 atom stereocenters. The van der Waals surface area contributed by atoms with Crippen molar-refractivity contribution in [3.05, 3.63) is 33.1 Å². The Morgan fingerprint density at radius 2 is 2.27 bits per heavy atom. The lowest BCUT2D eigenvalue weighted by molar-refractivity contribution is -0.140. The van der Waals surface area contributed by atoms with Crippen molar-refractivity contribution < 1.29 is 9.53 Å². The van der Waals surface area contributed by atoms with Gasteiger partial charge in [-0.25, -0.2) is 4.79 Å². The maximum atomic E-state index is 11.2. The minimum atomic E-state index is -0.465. The van der Waals surface area contributed by atoms with Gasteiger partial charge in [0.1, 0.15) is 0 Å². The first kappa shape index (κ1) is 11.2. The molecule has 0 fully saturated rings. The SMILES string of the molecule is COC(=O)CCCn1ccc(=O)[nH]c1=O. The molecule has 1 heterocycles. The molecule has 1 N–H and O–H groups in total. The largest absolute Gasteiger partial charge is 0.469 e. The predicted octanol–water partition coefficient (Wildman–Crippen LogP) is -0.510. The van der Waals surface area contributed by atoms with Crippen LogP contribution in [-0.4, -0.2) is 22.6 Å².